The van der Waals surface area contributed by atoms with Crippen molar-refractivity contribution >= 4 is 0 Å². The molecule has 140 valence electrons. The molecule has 1 aliphatic rings. The van der Waals surface area contributed by atoms with Crippen LogP contribution in [0.3, 0.4) is 0 Å². The third kappa shape index (κ3) is 4.22. The van der Waals surface area contributed by atoms with Gasteiger partial charge in [-0.2, -0.15) is 4.98 Å². The van der Waals surface area contributed by atoms with E-state index in [0.29, 0.717) is 23.6 Å². The van der Waals surface area contributed by atoms with Crippen LogP contribution in [0.4, 0.5) is 0 Å². The van der Waals surface area contributed by atoms with Crippen LogP contribution in [0.1, 0.15) is 32.0 Å². The van der Waals surface area contributed by atoms with Gasteiger partial charge < -0.3 is 4.52 Å². The second-order valence-electron chi connectivity index (χ2n) is 7.72. The van der Waals surface area contributed by atoms with Gasteiger partial charge in [-0.05, 0) is 31.2 Å². The molecule has 2 atom stereocenters. The molecule has 0 N–H and O–H groups in total. The van der Waals surface area contributed by atoms with E-state index in [1.54, 1.807) is 6.20 Å². The lowest BCUT2D eigenvalue weighted by Crippen LogP contribution is -2.38. The van der Waals surface area contributed by atoms with Crippen molar-refractivity contribution in [2.75, 3.05) is 13.1 Å². The highest BCUT2D eigenvalue weighted by Gasteiger charge is 2.23. The van der Waals surface area contributed by atoms with Crippen LogP contribution in [0.25, 0.3) is 22.6 Å². The minimum Gasteiger partial charge on any atom is -0.338 e. The number of piperidine rings is 1. The number of benzene rings is 1. The van der Waals surface area contributed by atoms with Crippen LogP contribution >= 0.6 is 0 Å². The average Bonchev–Trinajstić information content (AvgIpc) is 3.09. The Balaban J connectivity index is 1.47. The normalized spacial score (nSPS) is 20.7. The third-order valence-corrected chi connectivity index (χ3v) is 4.99. The quantitative estimate of drug-likeness (QED) is 0.698. The van der Waals surface area contributed by atoms with Crippen molar-refractivity contribution in [2.24, 2.45) is 11.8 Å². The highest BCUT2D eigenvalue weighted by atomic mass is 16.5. The number of aryl methyl sites for hydroxylation is 1. The minimum absolute atomic E-state index is 0.633. The van der Waals surface area contributed by atoms with E-state index in [1.807, 2.05) is 37.3 Å². The lowest BCUT2D eigenvalue weighted by Gasteiger charge is -2.33. The molecule has 1 fully saturated rings. The summed E-state index contributed by atoms with van der Waals surface area (Å²) in [7, 11) is 0. The van der Waals surface area contributed by atoms with E-state index in [-0.39, 0.29) is 0 Å². The molecule has 1 saturated heterocycles. The molecule has 1 aromatic carbocycles. The first-order valence-electron chi connectivity index (χ1n) is 9.52. The van der Waals surface area contributed by atoms with Crippen LogP contribution < -0.4 is 0 Å². The smallest absolute Gasteiger partial charge is 0.241 e. The van der Waals surface area contributed by atoms with Gasteiger partial charge in [-0.3, -0.25) is 4.90 Å². The maximum atomic E-state index is 5.50. The Morgan fingerprint density at radius 3 is 2.41 bits per heavy atom. The topological polar surface area (TPSA) is 67.9 Å². The Morgan fingerprint density at radius 2 is 1.70 bits per heavy atom. The lowest BCUT2D eigenvalue weighted by atomic mass is 9.92. The molecular formula is C21H25N5O. The zero-order valence-electron chi connectivity index (χ0n) is 16.1. The first kappa shape index (κ1) is 17.8. The molecule has 0 amide bonds. The fourth-order valence-corrected chi connectivity index (χ4v) is 3.96. The molecule has 6 nitrogen and oxygen atoms in total. The summed E-state index contributed by atoms with van der Waals surface area (Å²) >= 11 is 0. The Morgan fingerprint density at radius 1 is 1.00 bits per heavy atom. The maximum absolute atomic E-state index is 5.50. The summed E-state index contributed by atoms with van der Waals surface area (Å²) in [6.45, 7) is 9.41. The number of rotatable bonds is 4. The Kier molecular flexibility index (Phi) is 4.99. The molecule has 0 aliphatic carbocycles. The van der Waals surface area contributed by atoms with Gasteiger partial charge >= 0.3 is 0 Å². The predicted octanol–water partition coefficient (Wildman–Crippen LogP) is 3.98. The summed E-state index contributed by atoms with van der Waals surface area (Å²) in [4.78, 5) is 15.6. The molecule has 3 aromatic rings. The number of nitrogens with zero attached hydrogens (tertiary/aromatic N) is 5. The van der Waals surface area contributed by atoms with Crippen LogP contribution in [0.5, 0.6) is 0 Å². The van der Waals surface area contributed by atoms with Crippen molar-refractivity contribution in [1.29, 1.82) is 0 Å². The molecule has 0 saturated carbocycles. The molecule has 27 heavy (non-hydrogen) atoms. The van der Waals surface area contributed by atoms with Gasteiger partial charge in [0.1, 0.15) is 5.82 Å². The SMILES string of the molecule is Cc1nccc(-c2ccc(-c3noc(CN4CC(C)CC(C)C4)n3)cc2)n1. The molecule has 0 radical (unpaired) electrons. The number of likely N-dealkylation sites (tertiary alicyclic amines) is 1. The Labute approximate surface area is 159 Å². The van der Waals surface area contributed by atoms with E-state index in [1.165, 1.54) is 6.42 Å². The molecule has 4 rings (SSSR count). The van der Waals surface area contributed by atoms with Gasteiger partial charge in [-0.1, -0.05) is 43.3 Å². The predicted molar refractivity (Wildman–Crippen MR) is 104 cm³/mol. The standard InChI is InChI=1S/C21H25N5O/c1-14-10-15(2)12-26(11-14)13-20-24-21(25-27-20)18-6-4-17(5-7-18)19-8-9-22-16(3)23-19/h4-9,14-15H,10-13H2,1-3H3. The highest BCUT2D eigenvalue weighted by molar-refractivity contribution is 5.64. The third-order valence-electron chi connectivity index (χ3n) is 4.99. The Bertz CT molecular complexity index is 895. The van der Waals surface area contributed by atoms with Crippen molar-refractivity contribution in [3.05, 3.63) is 48.2 Å². The van der Waals surface area contributed by atoms with Gasteiger partial charge in [0, 0.05) is 30.4 Å². The molecule has 6 heteroatoms. The molecule has 0 bridgehead atoms. The fourth-order valence-electron chi connectivity index (χ4n) is 3.96. The maximum Gasteiger partial charge on any atom is 0.241 e. The van der Waals surface area contributed by atoms with Gasteiger partial charge in [0.05, 0.1) is 12.2 Å². The lowest BCUT2D eigenvalue weighted by molar-refractivity contribution is 0.121. The largest absolute Gasteiger partial charge is 0.338 e. The van der Waals surface area contributed by atoms with Gasteiger partial charge in [0.25, 0.3) is 0 Å². The van der Waals surface area contributed by atoms with E-state index in [0.717, 1.165) is 42.3 Å². The van der Waals surface area contributed by atoms with Crippen LogP contribution in [0.2, 0.25) is 0 Å². The number of aromatic nitrogens is 4. The van der Waals surface area contributed by atoms with Gasteiger partial charge in [-0.25, -0.2) is 9.97 Å². The molecule has 3 heterocycles. The van der Waals surface area contributed by atoms with Gasteiger partial charge in [0.2, 0.25) is 11.7 Å². The second kappa shape index (κ2) is 7.56. The first-order valence-corrected chi connectivity index (χ1v) is 9.52. The van der Waals surface area contributed by atoms with E-state index in [4.69, 9.17) is 4.52 Å². The van der Waals surface area contributed by atoms with Gasteiger partial charge in [-0.15, -0.1) is 0 Å². The molecule has 2 aromatic heterocycles. The van der Waals surface area contributed by atoms with Crippen LogP contribution in [0.15, 0.2) is 41.1 Å². The van der Waals surface area contributed by atoms with Crippen molar-refractivity contribution in [3.8, 4) is 22.6 Å². The molecule has 1 aliphatic heterocycles. The monoisotopic (exact) mass is 363 g/mol. The van der Waals surface area contributed by atoms with Crippen LogP contribution in [0, 0.1) is 18.8 Å². The summed E-state index contributed by atoms with van der Waals surface area (Å²) < 4.78 is 5.50. The van der Waals surface area contributed by atoms with Crippen molar-refractivity contribution in [2.45, 2.75) is 33.7 Å². The summed E-state index contributed by atoms with van der Waals surface area (Å²) in [6.07, 6.45) is 3.07. The number of hydrogen-bond donors (Lipinski definition) is 0. The summed E-state index contributed by atoms with van der Waals surface area (Å²) in [5, 5.41) is 4.17. The summed E-state index contributed by atoms with van der Waals surface area (Å²) in [5.41, 5.74) is 2.90. The molecule has 0 spiro atoms. The van der Waals surface area contributed by atoms with E-state index >= 15 is 0 Å². The van der Waals surface area contributed by atoms with Gasteiger partial charge in [0.15, 0.2) is 0 Å². The van der Waals surface area contributed by atoms with E-state index in [2.05, 4.69) is 38.9 Å². The molecular weight excluding hydrogens is 338 g/mol. The second-order valence-corrected chi connectivity index (χ2v) is 7.72. The minimum atomic E-state index is 0.633. The molecule has 2 unspecified atom stereocenters. The number of hydrogen-bond acceptors (Lipinski definition) is 6. The Hall–Kier alpha value is -2.60. The van der Waals surface area contributed by atoms with E-state index < -0.39 is 0 Å². The van der Waals surface area contributed by atoms with Crippen molar-refractivity contribution in [3.63, 3.8) is 0 Å². The van der Waals surface area contributed by atoms with Crippen LogP contribution in [-0.2, 0) is 6.54 Å². The summed E-state index contributed by atoms with van der Waals surface area (Å²) in [6, 6.07) is 9.98. The van der Waals surface area contributed by atoms with E-state index in [9.17, 15) is 0 Å². The van der Waals surface area contributed by atoms with Crippen molar-refractivity contribution in [1.82, 2.24) is 25.0 Å². The highest BCUT2D eigenvalue weighted by Crippen LogP contribution is 2.24. The zero-order valence-corrected chi connectivity index (χ0v) is 16.1. The summed E-state index contributed by atoms with van der Waals surface area (Å²) in [5.74, 6) is 3.51. The van der Waals surface area contributed by atoms with Crippen LogP contribution in [-0.4, -0.2) is 38.1 Å². The first-order chi connectivity index (χ1) is 13.1. The van der Waals surface area contributed by atoms with Crippen molar-refractivity contribution < 1.29 is 4.52 Å². The zero-order chi connectivity index (χ0) is 18.8. The average molecular weight is 363 g/mol. The fraction of sp³-hybridized carbons (Fsp3) is 0.429.